The Morgan fingerprint density at radius 3 is 2.34 bits per heavy atom. The van der Waals surface area contributed by atoms with Crippen molar-refractivity contribution in [3.8, 4) is 0 Å². The minimum atomic E-state index is -3.84. The average Bonchev–Trinajstić information content (AvgIpc) is 2.71. The van der Waals surface area contributed by atoms with Crippen molar-refractivity contribution in [1.82, 2.24) is 4.90 Å². The van der Waals surface area contributed by atoms with E-state index in [2.05, 4.69) is 10.0 Å². The van der Waals surface area contributed by atoms with Crippen LogP contribution in [-0.2, 0) is 32.6 Å². The Kier molecular flexibility index (Phi) is 6.64. The summed E-state index contributed by atoms with van der Waals surface area (Å²) in [5, 5.41) is 2.80. The summed E-state index contributed by atoms with van der Waals surface area (Å²) in [5.74, 6) is -0.194. The number of carbonyl (C=O) groups excluding carboxylic acids is 2. The summed E-state index contributed by atoms with van der Waals surface area (Å²) in [6, 6.07) is 11.7. The van der Waals surface area contributed by atoms with Crippen LogP contribution in [0.3, 0.4) is 0 Å². The lowest BCUT2D eigenvalue weighted by Gasteiger charge is -2.30. The number of benzene rings is 2. The zero-order valence-electron chi connectivity index (χ0n) is 19.2. The van der Waals surface area contributed by atoms with Gasteiger partial charge in [-0.25, -0.2) is 8.42 Å². The number of carbonyl (C=O) groups is 2. The second-order valence-electron chi connectivity index (χ2n) is 9.49. The molecule has 0 saturated carbocycles. The minimum Gasteiger partial charge on any atom is -0.338 e. The van der Waals surface area contributed by atoms with E-state index in [1.165, 1.54) is 0 Å². The van der Waals surface area contributed by atoms with Crippen LogP contribution in [-0.4, -0.2) is 31.7 Å². The molecule has 0 bridgehead atoms. The third-order valence-corrected chi connectivity index (χ3v) is 6.74. The molecule has 7 nitrogen and oxygen atoms in total. The molecule has 0 fully saturated rings. The first-order chi connectivity index (χ1) is 14.9. The van der Waals surface area contributed by atoms with Crippen LogP contribution in [0.25, 0.3) is 0 Å². The highest BCUT2D eigenvalue weighted by atomic mass is 32.2. The molecular weight excluding hydrogens is 426 g/mol. The molecule has 32 heavy (non-hydrogen) atoms. The van der Waals surface area contributed by atoms with Gasteiger partial charge in [-0.3, -0.25) is 14.3 Å². The minimum absolute atomic E-state index is 0.0659. The number of amides is 2. The van der Waals surface area contributed by atoms with Crippen molar-refractivity contribution in [2.24, 2.45) is 11.3 Å². The van der Waals surface area contributed by atoms with Crippen molar-refractivity contribution >= 4 is 33.2 Å². The first-order valence-electron chi connectivity index (χ1n) is 10.7. The van der Waals surface area contributed by atoms with Crippen LogP contribution in [0.1, 0.15) is 45.7 Å². The number of hydrogen-bond donors (Lipinski definition) is 2. The van der Waals surface area contributed by atoms with Crippen molar-refractivity contribution in [3.63, 3.8) is 0 Å². The summed E-state index contributed by atoms with van der Waals surface area (Å²) in [6.45, 7) is 10.2. The van der Waals surface area contributed by atoms with Crippen LogP contribution in [0.4, 0.5) is 11.4 Å². The Morgan fingerprint density at radius 2 is 1.69 bits per heavy atom. The number of sulfonamides is 1. The smallest absolute Gasteiger partial charge is 0.261 e. The maximum Gasteiger partial charge on any atom is 0.261 e. The van der Waals surface area contributed by atoms with Gasteiger partial charge in [0.2, 0.25) is 11.8 Å². The zero-order chi connectivity index (χ0) is 23.7. The second kappa shape index (κ2) is 8.94. The van der Waals surface area contributed by atoms with E-state index < -0.39 is 15.4 Å². The number of nitrogens with zero attached hydrogens (tertiary/aromatic N) is 1. The summed E-state index contributed by atoms with van der Waals surface area (Å²) in [7, 11) is -3.84. The maximum atomic E-state index is 13.0. The Morgan fingerprint density at radius 1 is 1.00 bits per heavy atom. The van der Waals surface area contributed by atoms with Crippen molar-refractivity contribution in [2.75, 3.05) is 16.6 Å². The molecule has 3 rings (SSSR count). The van der Waals surface area contributed by atoms with E-state index in [9.17, 15) is 18.0 Å². The molecule has 0 atom stereocenters. The lowest BCUT2D eigenvalue weighted by molar-refractivity contribution is -0.135. The number of rotatable bonds is 5. The largest absolute Gasteiger partial charge is 0.338 e. The van der Waals surface area contributed by atoms with Crippen LogP contribution in [0.5, 0.6) is 0 Å². The number of fused-ring (bicyclic) bond motifs is 1. The quantitative estimate of drug-likeness (QED) is 0.709. The summed E-state index contributed by atoms with van der Waals surface area (Å²) in [5.41, 5.74) is 2.20. The molecule has 0 radical (unpaired) electrons. The molecule has 0 aromatic heterocycles. The topological polar surface area (TPSA) is 95.6 Å². The van der Waals surface area contributed by atoms with Crippen molar-refractivity contribution < 1.29 is 18.0 Å². The summed E-state index contributed by atoms with van der Waals surface area (Å²) < 4.78 is 28.6. The highest BCUT2D eigenvalue weighted by Gasteiger charge is 2.25. The lowest BCUT2D eigenvalue weighted by Crippen LogP contribution is -2.38. The van der Waals surface area contributed by atoms with Gasteiger partial charge in [0.1, 0.15) is 0 Å². The molecule has 2 amide bonds. The van der Waals surface area contributed by atoms with Gasteiger partial charge in [0, 0.05) is 30.1 Å². The third-order valence-electron chi connectivity index (χ3n) is 5.36. The SMILES string of the molecule is CC(C)C(=O)N1CCc2ccc(S(=O)(=O)Nc3cccc(NC(=O)C(C)(C)C)c3)cc2C1. The van der Waals surface area contributed by atoms with E-state index in [0.717, 1.165) is 11.1 Å². The molecule has 0 spiro atoms. The fourth-order valence-electron chi connectivity index (χ4n) is 3.45. The summed E-state index contributed by atoms with van der Waals surface area (Å²) in [6.07, 6.45) is 0.705. The highest BCUT2D eigenvalue weighted by molar-refractivity contribution is 7.92. The van der Waals surface area contributed by atoms with Gasteiger partial charge in [0.05, 0.1) is 10.6 Å². The number of anilines is 2. The van der Waals surface area contributed by atoms with Crippen LogP contribution in [0, 0.1) is 11.3 Å². The van der Waals surface area contributed by atoms with E-state index in [1.807, 2.05) is 19.9 Å². The zero-order valence-corrected chi connectivity index (χ0v) is 20.0. The predicted molar refractivity (Wildman–Crippen MR) is 126 cm³/mol. The highest BCUT2D eigenvalue weighted by Crippen LogP contribution is 2.26. The van der Waals surface area contributed by atoms with E-state index in [4.69, 9.17) is 0 Å². The van der Waals surface area contributed by atoms with E-state index in [0.29, 0.717) is 30.9 Å². The summed E-state index contributed by atoms with van der Waals surface area (Å²) in [4.78, 5) is 26.5. The van der Waals surface area contributed by atoms with Crippen LogP contribution >= 0.6 is 0 Å². The molecule has 2 N–H and O–H groups in total. The van der Waals surface area contributed by atoms with Gasteiger partial charge in [0.25, 0.3) is 10.0 Å². The van der Waals surface area contributed by atoms with Crippen LogP contribution < -0.4 is 10.0 Å². The van der Waals surface area contributed by atoms with E-state index in [1.54, 1.807) is 62.1 Å². The molecule has 8 heteroatoms. The van der Waals surface area contributed by atoms with Gasteiger partial charge in [0.15, 0.2) is 0 Å². The first kappa shape index (κ1) is 23.8. The Balaban J connectivity index is 1.80. The van der Waals surface area contributed by atoms with Gasteiger partial charge in [-0.1, -0.05) is 46.8 Å². The predicted octanol–water partition coefficient (Wildman–Crippen LogP) is 4.01. The van der Waals surface area contributed by atoms with Gasteiger partial charge in [-0.15, -0.1) is 0 Å². The molecule has 0 saturated heterocycles. The number of nitrogens with one attached hydrogen (secondary N) is 2. The molecule has 1 aliphatic rings. The molecule has 172 valence electrons. The molecule has 1 aliphatic heterocycles. The van der Waals surface area contributed by atoms with Gasteiger partial charge in [-0.05, 0) is 47.9 Å². The fraction of sp³-hybridized carbons (Fsp3) is 0.417. The second-order valence-corrected chi connectivity index (χ2v) is 11.2. The molecule has 1 heterocycles. The van der Waals surface area contributed by atoms with Crippen molar-refractivity contribution in [2.45, 2.75) is 52.5 Å². The molecule has 2 aromatic rings. The first-order valence-corrected chi connectivity index (χ1v) is 12.2. The molecular formula is C24H31N3O4S. The third kappa shape index (κ3) is 5.48. The van der Waals surface area contributed by atoms with Gasteiger partial charge >= 0.3 is 0 Å². The normalized spacial score (nSPS) is 14.1. The van der Waals surface area contributed by atoms with Crippen LogP contribution in [0.15, 0.2) is 47.4 Å². The average molecular weight is 458 g/mol. The molecule has 2 aromatic carbocycles. The number of hydrogen-bond acceptors (Lipinski definition) is 4. The van der Waals surface area contributed by atoms with Gasteiger partial charge < -0.3 is 10.2 Å². The van der Waals surface area contributed by atoms with E-state index >= 15 is 0 Å². The lowest BCUT2D eigenvalue weighted by atomic mass is 9.95. The molecule has 0 unspecified atom stereocenters. The van der Waals surface area contributed by atoms with Crippen LogP contribution in [0.2, 0.25) is 0 Å². The standard InChI is InChI=1S/C24H31N3O4S/c1-16(2)22(28)27-12-11-17-9-10-21(13-18(17)15-27)32(30,31)26-20-8-6-7-19(14-20)25-23(29)24(3,4)5/h6-10,13-14,16,26H,11-12,15H2,1-5H3,(H,25,29). The Labute approximate surface area is 190 Å². The van der Waals surface area contributed by atoms with Crippen molar-refractivity contribution in [1.29, 1.82) is 0 Å². The van der Waals surface area contributed by atoms with Gasteiger partial charge in [-0.2, -0.15) is 0 Å². The Bertz CT molecular complexity index is 1130. The monoisotopic (exact) mass is 457 g/mol. The fourth-order valence-corrected chi connectivity index (χ4v) is 4.55. The van der Waals surface area contributed by atoms with E-state index in [-0.39, 0.29) is 22.6 Å². The summed E-state index contributed by atoms with van der Waals surface area (Å²) >= 11 is 0. The molecule has 0 aliphatic carbocycles. The Hall–Kier alpha value is -2.87. The maximum absolute atomic E-state index is 13.0. The van der Waals surface area contributed by atoms with Crippen molar-refractivity contribution in [3.05, 3.63) is 53.6 Å².